The number of rotatable bonds is 6. The second kappa shape index (κ2) is 8.11. The van der Waals surface area contributed by atoms with Crippen molar-refractivity contribution in [2.45, 2.75) is 31.4 Å². The van der Waals surface area contributed by atoms with Gasteiger partial charge in [0.15, 0.2) is 0 Å². The van der Waals surface area contributed by atoms with Crippen LogP contribution >= 0.6 is 11.8 Å². The third-order valence-corrected chi connectivity index (χ3v) is 5.27. The van der Waals surface area contributed by atoms with Crippen LogP contribution in [0, 0.1) is 13.8 Å². The Bertz CT molecular complexity index is 1290. The molecule has 8 nitrogen and oxygen atoms in total. The minimum atomic E-state index is -0.615. The summed E-state index contributed by atoms with van der Waals surface area (Å²) < 4.78 is 7.06. The van der Waals surface area contributed by atoms with E-state index in [1.54, 1.807) is 24.3 Å². The molecule has 2 aromatic carbocycles. The Morgan fingerprint density at radius 2 is 1.87 bits per heavy atom. The molecule has 0 bridgehead atoms. The molecule has 0 saturated carbocycles. The van der Waals surface area contributed by atoms with Gasteiger partial charge in [0, 0.05) is 5.56 Å². The third kappa shape index (κ3) is 4.11. The van der Waals surface area contributed by atoms with Crippen LogP contribution < -0.4 is 11.3 Å². The van der Waals surface area contributed by atoms with Gasteiger partial charge in [0.1, 0.15) is 12.4 Å². The van der Waals surface area contributed by atoms with Crippen molar-refractivity contribution in [1.82, 2.24) is 19.7 Å². The normalized spacial score (nSPS) is 11.1. The molecule has 0 aliphatic heterocycles. The number of para-hydroxylation sites is 1. The number of nitrogens with zero attached hydrogens (tertiary/aromatic N) is 4. The van der Waals surface area contributed by atoms with E-state index in [-0.39, 0.29) is 17.9 Å². The fraction of sp³-hybridized carbons (Fsp3) is 0.190. The fourth-order valence-electron chi connectivity index (χ4n) is 3.25. The minimum Gasteiger partial charge on any atom is -0.411 e. The Hall–Kier alpha value is -3.46. The van der Waals surface area contributed by atoms with Crippen molar-refractivity contribution in [1.29, 1.82) is 0 Å². The van der Waals surface area contributed by atoms with Crippen molar-refractivity contribution in [3.05, 3.63) is 69.8 Å². The zero-order valence-electron chi connectivity index (χ0n) is 16.5. The topological polar surface area (TPSA) is 117 Å². The Morgan fingerprint density at radius 1 is 1.13 bits per heavy atom. The lowest BCUT2D eigenvalue weighted by molar-refractivity contribution is -0.118. The number of aryl methyl sites for hydroxylation is 2. The predicted molar refractivity (Wildman–Crippen MR) is 114 cm³/mol. The van der Waals surface area contributed by atoms with Crippen LogP contribution in [0.25, 0.3) is 22.4 Å². The number of benzene rings is 2. The molecular weight excluding hydrogens is 402 g/mol. The number of fused-ring (bicyclic) bond motifs is 1. The minimum absolute atomic E-state index is 0.246. The van der Waals surface area contributed by atoms with Crippen molar-refractivity contribution in [2.24, 2.45) is 5.73 Å². The smallest absolute Gasteiger partial charge is 0.277 e. The zero-order valence-corrected chi connectivity index (χ0v) is 17.3. The molecule has 0 fully saturated rings. The Kier molecular flexibility index (Phi) is 5.37. The first-order chi connectivity index (χ1) is 14.4. The van der Waals surface area contributed by atoms with E-state index in [1.165, 1.54) is 16.3 Å². The molecule has 2 aromatic heterocycles. The molecule has 30 heavy (non-hydrogen) atoms. The third-order valence-electron chi connectivity index (χ3n) is 4.45. The summed E-state index contributed by atoms with van der Waals surface area (Å²) in [6, 6.07) is 13.0. The molecule has 4 rings (SSSR count). The van der Waals surface area contributed by atoms with Gasteiger partial charge in [-0.3, -0.25) is 14.2 Å². The number of thioether (sulfide) groups is 1. The van der Waals surface area contributed by atoms with Crippen molar-refractivity contribution in [2.75, 3.05) is 0 Å². The molecule has 0 saturated heterocycles. The maximum atomic E-state index is 12.8. The molecule has 4 aromatic rings. The first kappa shape index (κ1) is 19.8. The summed E-state index contributed by atoms with van der Waals surface area (Å²) in [5, 5.41) is 8.98. The summed E-state index contributed by atoms with van der Waals surface area (Å²) in [7, 11) is 0. The molecule has 0 spiro atoms. The summed E-state index contributed by atoms with van der Waals surface area (Å²) in [6.45, 7) is 3.77. The summed E-state index contributed by atoms with van der Waals surface area (Å²) in [5.74, 6) is 0.483. The van der Waals surface area contributed by atoms with Gasteiger partial charge in [0.05, 0.1) is 16.7 Å². The van der Waals surface area contributed by atoms with Gasteiger partial charge in [-0.25, -0.2) is 4.98 Å². The van der Waals surface area contributed by atoms with Crippen LogP contribution in [-0.4, -0.2) is 25.7 Å². The number of carbonyl (C=O) groups excluding carboxylic acids is 1. The molecule has 0 unspecified atom stereocenters. The fourth-order valence-corrected chi connectivity index (χ4v) is 3.96. The average molecular weight is 421 g/mol. The number of amides is 1. The number of hydrogen-bond acceptors (Lipinski definition) is 7. The van der Waals surface area contributed by atoms with E-state index in [4.69, 9.17) is 10.2 Å². The SMILES string of the molecule is Cc1cc(C)cc(-c2nnc(SCc3nc4ccccc4c(=O)n3CC(N)=O)o2)c1. The first-order valence-corrected chi connectivity index (χ1v) is 10.2. The molecular formula is C21H19N5O3S. The molecule has 2 heterocycles. The predicted octanol–water partition coefficient (Wildman–Crippen LogP) is 2.84. The van der Waals surface area contributed by atoms with Gasteiger partial charge < -0.3 is 10.2 Å². The molecule has 0 aliphatic carbocycles. The van der Waals surface area contributed by atoms with Crippen LogP contribution in [0.1, 0.15) is 17.0 Å². The number of nitrogens with two attached hydrogens (primary N) is 1. The monoisotopic (exact) mass is 421 g/mol. The molecule has 0 atom stereocenters. The van der Waals surface area contributed by atoms with E-state index in [2.05, 4.69) is 21.2 Å². The maximum absolute atomic E-state index is 12.8. The van der Waals surface area contributed by atoms with Crippen LogP contribution in [0.2, 0.25) is 0 Å². The van der Waals surface area contributed by atoms with E-state index in [0.717, 1.165) is 16.7 Å². The standard InChI is InChI=1S/C21H19N5O3S/c1-12-7-13(2)9-14(8-12)19-24-25-21(29-19)30-11-18-23-16-6-4-3-5-15(16)20(28)26(18)10-17(22)27/h3-9H,10-11H2,1-2H3,(H2,22,27). The molecule has 1 amide bonds. The summed E-state index contributed by atoms with van der Waals surface area (Å²) in [6.07, 6.45) is 0. The number of carbonyl (C=O) groups is 1. The second-order valence-corrected chi connectivity index (χ2v) is 7.87. The Labute approximate surface area is 176 Å². The highest BCUT2D eigenvalue weighted by Gasteiger charge is 2.15. The van der Waals surface area contributed by atoms with Gasteiger partial charge in [-0.1, -0.05) is 41.1 Å². The van der Waals surface area contributed by atoms with E-state index < -0.39 is 5.91 Å². The lowest BCUT2D eigenvalue weighted by atomic mass is 10.1. The van der Waals surface area contributed by atoms with Gasteiger partial charge in [0.2, 0.25) is 11.8 Å². The molecule has 2 N–H and O–H groups in total. The Balaban J connectivity index is 1.63. The number of primary amides is 1. The van der Waals surface area contributed by atoms with Crippen LogP contribution in [-0.2, 0) is 17.1 Å². The number of hydrogen-bond donors (Lipinski definition) is 1. The van der Waals surface area contributed by atoms with Gasteiger partial charge in [-0.15, -0.1) is 10.2 Å². The highest BCUT2D eigenvalue weighted by atomic mass is 32.2. The van der Waals surface area contributed by atoms with Crippen LogP contribution in [0.5, 0.6) is 0 Å². The lowest BCUT2D eigenvalue weighted by Gasteiger charge is -2.11. The van der Waals surface area contributed by atoms with E-state index in [1.807, 2.05) is 26.0 Å². The van der Waals surface area contributed by atoms with E-state index in [0.29, 0.717) is 27.8 Å². The second-order valence-electron chi connectivity index (χ2n) is 6.94. The molecule has 9 heteroatoms. The molecule has 0 aliphatic rings. The summed E-state index contributed by atoms with van der Waals surface area (Å²) >= 11 is 1.24. The summed E-state index contributed by atoms with van der Waals surface area (Å²) in [4.78, 5) is 28.8. The van der Waals surface area contributed by atoms with Gasteiger partial charge in [-0.2, -0.15) is 0 Å². The number of aromatic nitrogens is 4. The highest BCUT2D eigenvalue weighted by molar-refractivity contribution is 7.98. The van der Waals surface area contributed by atoms with Crippen molar-refractivity contribution in [3.8, 4) is 11.5 Å². The van der Waals surface area contributed by atoms with Crippen LogP contribution in [0.4, 0.5) is 0 Å². The van der Waals surface area contributed by atoms with Gasteiger partial charge in [0.25, 0.3) is 10.8 Å². The van der Waals surface area contributed by atoms with Crippen molar-refractivity contribution in [3.63, 3.8) is 0 Å². The molecule has 152 valence electrons. The van der Waals surface area contributed by atoms with Crippen molar-refractivity contribution >= 4 is 28.6 Å². The van der Waals surface area contributed by atoms with Gasteiger partial charge >= 0.3 is 0 Å². The Morgan fingerprint density at radius 3 is 2.60 bits per heavy atom. The average Bonchev–Trinajstić information content (AvgIpc) is 3.17. The van der Waals surface area contributed by atoms with E-state index in [9.17, 15) is 9.59 Å². The summed E-state index contributed by atoms with van der Waals surface area (Å²) in [5.41, 5.74) is 8.64. The largest absolute Gasteiger partial charge is 0.411 e. The maximum Gasteiger partial charge on any atom is 0.277 e. The zero-order chi connectivity index (χ0) is 21.3. The lowest BCUT2D eigenvalue weighted by Crippen LogP contribution is -2.31. The van der Waals surface area contributed by atoms with Gasteiger partial charge in [-0.05, 0) is 38.1 Å². The van der Waals surface area contributed by atoms with Crippen LogP contribution in [0.15, 0.2) is 56.9 Å². The molecule has 0 radical (unpaired) electrons. The van der Waals surface area contributed by atoms with Crippen LogP contribution in [0.3, 0.4) is 0 Å². The quantitative estimate of drug-likeness (QED) is 0.476. The van der Waals surface area contributed by atoms with E-state index >= 15 is 0 Å². The highest BCUT2D eigenvalue weighted by Crippen LogP contribution is 2.26. The van der Waals surface area contributed by atoms with Crippen molar-refractivity contribution < 1.29 is 9.21 Å². The first-order valence-electron chi connectivity index (χ1n) is 9.22.